The molecule has 0 bridgehead atoms. The first-order valence-corrected chi connectivity index (χ1v) is 8.84. The van der Waals surface area contributed by atoms with E-state index in [9.17, 15) is 4.79 Å². The number of aliphatic carboxylic acids is 1. The molecule has 124 valence electrons. The molecule has 22 heavy (non-hydrogen) atoms. The monoisotopic (exact) mass is 327 g/mol. The summed E-state index contributed by atoms with van der Waals surface area (Å²) in [6.45, 7) is 5.97. The molecular weight excluding hydrogens is 302 g/mol. The van der Waals surface area contributed by atoms with E-state index in [1.54, 1.807) is 11.3 Å². The van der Waals surface area contributed by atoms with Gasteiger partial charge in [0.05, 0.1) is 17.4 Å². The summed E-state index contributed by atoms with van der Waals surface area (Å²) >= 11 is 1.67. The van der Waals surface area contributed by atoms with Crippen molar-refractivity contribution in [1.29, 1.82) is 0 Å². The van der Waals surface area contributed by atoms with Crippen LogP contribution >= 0.6 is 11.3 Å². The molecule has 5 nitrogen and oxygen atoms in total. The van der Waals surface area contributed by atoms with E-state index in [1.165, 1.54) is 0 Å². The van der Waals surface area contributed by atoms with Crippen LogP contribution in [0.15, 0.2) is 0 Å². The van der Waals surface area contributed by atoms with Crippen molar-refractivity contribution in [2.45, 2.75) is 51.9 Å². The number of carboxylic acids is 1. The van der Waals surface area contributed by atoms with Gasteiger partial charge >= 0.3 is 5.97 Å². The lowest BCUT2D eigenvalue weighted by Gasteiger charge is -2.24. The van der Waals surface area contributed by atoms with Gasteiger partial charge in [-0.15, -0.1) is 11.3 Å². The van der Waals surface area contributed by atoms with Crippen molar-refractivity contribution in [3.63, 3.8) is 0 Å². The molecule has 1 saturated carbocycles. The summed E-state index contributed by atoms with van der Waals surface area (Å²) in [5, 5.41) is 10.1. The summed E-state index contributed by atoms with van der Waals surface area (Å²) in [7, 11) is 0. The Morgan fingerprint density at radius 1 is 1.27 bits per heavy atom. The lowest BCUT2D eigenvalue weighted by atomic mass is 9.82. The molecule has 2 rings (SSSR count). The molecule has 6 heteroatoms. The Morgan fingerprint density at radius 3 is 2.64 bits per heavy atom. The molecule has 0 aromatic carbocycles. The van der Waals surface area contributed by atoms with Crippen LogP contribution in [0, 0.1) is 12.8 Å². The molecule has 0 unspecified atom stereocenters. The van der Waals surface area contributed by atoms with Gasteiger partial charge in [-0.2, -0.15) is 0 Å². The second kappa shape index (κ2) is 8.48. The number of rotatable bonds is 8. The minimum atomic E-state index is -0.662. The van der Waals surface area contributed by atoms with Crippen molar-refractivity contribution in [1.82, 2.24) is 4.98 Å². The molecular formula is C16H25NO4S. The largest absolute Gasteiger partial charge is 0.481 e. The third-order valence-electron chi connectivity index (χ3n) is 4.01. The SMILES string of the molecule is CCCOCCOc1nc(C2CCC(C(=O)O)CC2)sc1C. The predicted molar refractivity (Wildman–Crippen MR) is 85.8 cm³/mol. The smallest absolute Gasteiger partial charge is 0.306 e. The molecule has 1 aromatic heterocycles. The van der Waals surface area contributed by atoms with Gasteiger partial charge in [0.2, 0.25) is 5.88 Å². The Hall–Kier alpha value is -1.14. The van der Waals surface area contributed by atoms with Gasteiger partial charge in [0, 0.05) is 12.5 Å². The lowest BCUT2D eigenvalue weighted by molar-refractivity contribution is -0.142. The number of carbonyl (C=O) groups is 1. The zero-order valence-electron chi connectivity index (χ0n) is 13.3. The van der Waals surface area contributed by atoms with E-state index in [1.807, 2.05) is 6.92 Å². The van der Waals surface area contributed by atoms with E-state index < -0.39 is 5.97 Å². The number of ether oxygens (including phenoxy) is 2. The summed E-state index contributed by atoms with van der Waals surface area (Å²) in [5.74, 6) is 0.252. The van der Waals surface area contributed by atoms with Crippen LogP contribution in [0.3, 0.4) is 0 Å². The number of aryl methyl sites for hydroxylation is 1. The first-order valence-electron chi connectivity index (χ1n) is 8.02. The predicted octanol–water partition coefficient (Wildman–Crippen LogP) is 3.62. The topological polar surface area (TPSA) is 68.7 Å². The average molecular weight is 327 g/mol. The third-order valence-corrected chi connectivity index (χ3v) is 5.13. The molecule has 0 amide bonds. The Morgan fingerprint density at radius 2 is 2.00 bits per heavy atom. The normalized spacial score (nSPS) is 21.7. The van der Waals surface area contributed by atoms with Crippen LogP contribution in [0.5, 0.6) is 5.88 Å². The van der Waals surface area contributed by atoms with E-state index in [-0.39, 0.29) is 5.92 Å². The van der Waals surface area contributed by atoms with Crippen molar-refractivity contribution in [2.75, 3.05) is 19.8 Å². The zero-order valence-corrected chi connectivity index (χ0v) is 14.2. The highest BCUT2D eigenvalue weighted by Crippen LogP contribution is 2.39. The van der Waals surface area contributed by atoms with Gasteiger partial charge in [0.1, 0.15) is 11.6 Å². The van der Waals surface area contributed by atoms with Crippen LogP contribution in [0.4, 0.5) is 0 Å². The van der Waals surface area contributed by atoms with E-state index in [2.05, 4.69) is 11.9 Å². The summed E-state index contributed by atoms with van der Waals surface area (Å²) in [6, 6.07) is 0. The highest BCUT2D eigenvalue weighted by atomic mass is 32.1. The fourth-order valence-corrected chi connectivity index (χ4v) is 3.78. The Kier molecular flexibility index (Phi) is 6.64. The van der Waals surface area contributed by atoms with Gasteiger partial charge in [0.15, 0.2) is 0 Å². The van der Waals surface area contributed by atoms with Crippen LogP contribution in [0.25, 0.3) is 0 Å². The van der Waals surface area contributed by atoms with E-state index in [0.717, 1.165) is 48.6 Å². The van der Waals surface area contributed by atoms with Gasteiger partial charge in [0.25, 0.3) is 0 Å². The molecule has 1 aliphatic carbocycles. The zero-order chi connectivity index (χ0) is 15.9. The molecule has 1 N–H and O–H groups in total. The molecule has 1 heterocycles. The number of aromatic nitrogens is 1. The number of hydrogen-bond acceptors (Lipinski definition) is 5. The highest BCUT2D eigenvalue weighted by molar-refractivity contribution is 7.11. The van der Waals surface area contributed by atoms with Crippen molar-refractivity contribution in [3.8, 4) is 5.88 Å². The minimum Gasteiger partial charge on any atom is -0.481 e. The number of carboxylic acid groups (broad SMARTS) is 1. The summed E-state index contributed by atoms with van der Waals surface area (Å²) in [5.41, 5.74) is 0. The maximum Gasteiger partial charge on any atom is 0.306 e. The Labute approximate surface area is 135 Å². The average Bonchev–Trinajstić information content (AvgIpc) is 2.88. The second-order valence-corrected chi connectivity index (χ2v) is 7.00. The first kappa shape index (κ1) is 17.2. The Bertz CT molecular complexity index is 480. The van der Waals surface area contributed by atoms with Crippen molar-refractivity contribution >= 4 is 17.3 Å². The number of thiazole rings is 1. The third kappa shape index (κ3) is 4.68. The van der Waals surface area contributed by atoms with Crippen LogP contribution in [-0.4, -0.2) is 35.9 Å². The van der Waals surface area contributed by atoms with Crippen LogP contribution in [0.2, 0.25) is 0 Å². The molecule has 1 fully saturated rings. The fourth-order valence-electron chi connectivity index (χ4n) is 2.74. The summed E-state index contributed by atoms with van der Waals surface area (Å²) in [4.78, 5) is 16.7. The van der Waals surface area contributed by atoms with Gasteiger partial charge in [-0.1, -0.05) is 6.92 Å². The standard InChI is InChI=1S/C16H25NO4S/c1-3-8-20-9-10-21-14-11(2)22-15(17-14)12-4-6-13(7-5-12)16(18)19/h12-13H,3-10H2,1-2H3,(H,18,19). The van der Waals surface area contributed by atoms with Gasteiger partial charge < -0.3 is 14.6 Å². The first-order chi connectivity index (χ1) is 10.6. The van der Waals surface area contributed by atoms with Crippen molar-refractivity contribution < 1.29 is 19.4 Å². The Balaban J connectivity index is 1.83. The van der Waals surface area contributed by atoms with Gasteiger partial charge in [-0.3, -0.25) is 4.79 Å². The van der Waals surface area contributed by atoms with Crippen molar-refractivity contribution in [3.05, 3.63) is 9.88 Å². The van der Waals surface area contributed by atoms with Crippen LogP contribution in [0.1, 0.15) is 54.8 Å². The van der Waals surface area contributed by atoms with Crippen LogP contribution in [-0.2, 0) is 9.53 Å². The van der Waals surface area contributed by atoms with E-state index in [0.29, 0.717) is 25.0 Å². The molecule has 1 aromatic rings. The minimum absolute atomic E-state index is 0.177. The molecule has 0 atom stereocenters. The van der Waals surface area contributed by atoms with Crippen molar-refractivity contribution in [2.24, 2.45) is 5.92 Å². The molecule has 1 aliphatic rings. The molecule has 0 saturated heterocycles. The van der Waals surface area contributed by atoms with E-state index in [4.69, 9.17) is 14.6 Å². The lowest BCUT2D eigenvalue weighted by Crippen LogP contribution is -2.20. The fraction of sp³-hybridized carbons (Fsp3) is 0.750. The van der Waals surface area contributed by atoms with Gasteiger partial charge in [-0.05, 0) is 39.0 Å². The summed E-state index contributed by atoms with van der Waals surface area (Å²) < 4.78 is 11.1. The maximum absolute atomic E-state index is 11.0. The highest BCUT2D eigenvalue weighted by Gasteiger charge is 2.28. The quantitative estimate of drug-likeness (QED) is 0.739. The molecule has 0 spiro atoms. The van der Waals surface area contributed by atoms with E-state index >= 15 is 0 Å². The molecule has 0 radical (unpaired) electrons. The van der Waals surface area contributed by atoms with Gasteiger partial charge in [-0.25, -0.2) is 4.98 Å². The number of hydrogen-bond donors (Lipinski definition) is 1. The van der Waals surface area contributed by atoms with Crippen LogP contribution < -0.4 is 4.74 Å². The summed E-state index contributed by atoms with van der Waals surface area (Å²) in [6.07, 6.45) is 4.32. The maximum atomic E-state index is 11.0. The number of nitrogens with zero attached hydrogens (tertiary/aromatic N) is 1. The molecule has 0 aliphatic heterocycles. The second-order valence-electron chi connectivity index (χ2n) is 5.76.